The Balaban J connectivity index is 2.42. The molecule has 0 spiro atoms. The van der Waals surface area contributed by atoms with Crippen molar-refractivity contribution in [1.29, 1.82) is 0 Å². The number of ether oxygens (including phenoxy) is 1. The normalized spacial score (nSPS) is 15.9. The summed E-state index contributed by atoms with van der Waals surface area (Å²) in [4.78, 5) is 4.09. The second kappa shape index (κ2) is 3.88. The molecule has 2 nitrogen and oxygen atoms in total. The zero-order valence-corrected chi connectivity index (χ0v) is 7.93. The zero-order chi connectivity index (χ0) is 8.27. The number of aliphatic imine (C=N–C) groups is 1. The van der Waals surface area contributed by atoms with E-state index in [4.69, 9.17) is 17.0 Å². The highest BCUT2D eigenvalue weighted by atomic mass is 32.2. The van der Waals surface area contributed by atoms with E-state index in [1.54, 1.807) is 11.8 Å². The van der Waals surface area contributed by atoms with Gasteiger partial charge in [0.2, 0.25) is 0 Å². The molecule has 0 saturated carbocycles. The summed E-state index contributed by atoms with van der Waals surface area (Å²) in [7, 11) is 0. The third-order valence-electron chi connectivity index (χ3n) is 1.09. The molecule has 0 aliphatic carbocycles. The fourth-order valence-electron chi connectivity index (χ4n) is 0.544. The van der Waals surface area contributed by atoms with Crippen molar-refractivity contribution in [2.24, 2.45) is 4.99 Å². The summed E-state index contributed by atoms with van der Waals surface area (Å²) in [6.07, 6.45) is 0. The molecule has 0 fully saturated rings. The molecule has 60 valence electrons. The highest BCUT2D eigenvalue weighted by Crippen LogP contribution is 2.14. The van der Waals surface area contributed by atoms with Crippen molar-refractivity contribution in [1.82, 2.24) is 0 Å². The van der Waals surface area contributed by atoms with Gasteiger partial charge in [0.25, 0.3) is 5.23 Å². The Kier molecular flexibility index (Phi) is 3.08. The van der Waals surface area contributed by atoms with Gasteiger partial charge in [0, 0.05) is 5.75 Å². The van der Waals surface area contributed by atoms with Crippen LogP contribution in [-0.4, -0.2) is 22.6 Å². The van der Waals surface area contributed by atoms with Crippen LogP contribution in [0.4, 0.5) is 0 Å². The first-order chi connectivity index (χ1) is 5.20. The average molecular weight is 187 g/mol. The number of rotatable bonds is 1. The predicted molar refractivity (Wildman–Crippen MR) is 53.3 cm³/mol. The van der Waals surface area contributed by atoms with Crippen molar-refractivity contribution in [2.75, 3.05) is 12.3 Å². The molecule has 0 aromatic rings. The molecule has 0 amide bonds. The van der Waals surface area contributed by atoms with Gasteiger partial charge in [-0.05, 0) is 24.7 Å². The first-order valence-electron chi connectivity index (χ1n) is 3.25. The summed E-state index contributed by atoms with van der Waals surface area (Å²) >= 11 is 6.49. The molecular formula is C7H9NOS2. The van der Waals surface area contributed by atoms with Crippen molar-refractivity contribution in [2.45, 2.75) is 6.92 Å². The Morgan fingerprint density at radius 2 is 2.55 bits per heavy atom. The quantitative estimate of drug-likeness (QED) is 0.463. The summed E-state index contributed by atoms with van der Waals surface area (Å²) in [6, 6.07) is 0. The second-order valence-corrected chi connectivity index (χ2v) is 3.58. The maximum atomic E-state index is 5.22. The van der Waals surface area contributed by atoms with E-state index in [0.717, 1.165) is 17.9 Å². The molecule has 0 N–H and O–H groups in total. The largest absolute Gasteiger partial charge is 0.422 e. The topological polar surface area (TPSA) is 21.6 Å². The molecule has 0 radical (unpaired) electrons. The van der Waals surface area contributed by atoms with Crippen LogP contribution in [0.1, 0.15) is 6.92 Å². The van der Waals surface area contributed by atoms with E-state index < -0.39 is 0 Å². The van der Waals surface area contributed by atoms with E-state index in [1.807, 2.05) is 6.92 Å². The van der Waals surface area contributed by atoms with Crippen molar-refractivity contribution < 1.29 is 4.74 Å². The predicted octanol–water partition coefficient (Wildman–Crippen LogP) is 2.01. The Hall–Kier alpha value is -0.350. The van der Waals surface area contributed by atoms with E-state index in [1.165, 1.54) is 0 Å². The Morgan fingerprint density at radius 3 is 3.00 bits per heavy atom. The van der Waals surface area contributed by atoms with Crippen molar-refractivity contribution >= 4 is 34.3 Å². The lowest BCUT2D eigenvalue weighted by molar-refractivity contribution is 0.575. The molecule has 0 aromatic heterocycles. The number of thioether (sulfide) groups is 1. The first kappa shape index (κ1) is 8.74. The third-order valence-corrected chi connectivity index (χ3v) is 2.36. The Bertz CT molecular complexity index is 222. The molecule has 0 unspecified atom stereocenters. The highest BCUT2D eigenvalue weighted by molar-refractivity contribution is 8.13. The van der Waals surface area contributed by atoms with E-state index >= 15 is 0 Å². The van der Waals surface area contributed by atoms with Crippen LogP contribution < -0.4 is 0 Å². The Labute approximate surface area is 75.7 Å². The molecule has 1 rings (SSSR count). The van der Waals surface area contributed by atoms with Gasteiger partial charge in [-0.3, -0.25) is 0 Å². The zero-order valence-electron chi connectivity index (χ0n) is 6.29. The van der Waals surface area contributed by atoms with Crippen LogP contribution in [0.15, 0.2) is 17.1 Å². The average Bonchev–Trinajstić information content (AvgIpc) is 2.39. The SMILES string of the molecule is C=C(C)C(=S)OC1=NCCS1. The Morgan fingerprint density at radius 1 is 1.82 bits per heavy atom. The molecular weight excluding hydrogens is 178 g/mol. The summed E-state index contributed by atoms with van der Waals surface area (Å²) in [5, 5.41) is 1.12. The van der Waals surface area contributed by atoms with Crippen molar-refractivity contribution in [3.8, 4) is 0 Å². The summed E-state index contributed by atoms with van der Waals surface area (Å²) in [5.74, 6) is 0.994. The van der Waals surface area contributed by atoms with Gasteiger partial charge in [0.15, 0.2) is 5.05 Å². The van der Waals surface area contributed by atoms with Crippen molar-refractivity contribution in [3.63, 3.8) is 0 Å². The van der Waals surface area contributed by atoms with Crippen LogP contribution >= 0.6 is 24.0 Å². The summed E-state index contributed by atoms with van der Waals surface area (Å²) in [5.41, 5.74) is 0.773. The second-order valence-electron chi connectivity index (χ2n) is 2.17. The van der Waals surface area contributed by atoms with Gasteiger partial charge in [-0.1, -0.05) is 18.3 Å². The maximum absolute atomic E-state index is 5.22. The van der Waals surface area contributed by atoms with Gasteiger partial charge in [-0.2, -0.15) is 0 Å². The lowest BCUT2D eigenvalue weighted by atomic mass is 10.4. The number of hydrogen-bond acceptors (Lipinski definition) is 4. The minimum atomic E-state index is 0.443. The molecule has 0 bridgehead atoms. The van der Waals surface area contributed by atoms with E-state index in [2.05, 4.69) is 11.6 Å². The molecule has 4 heteroatoms. The van der Waals surface area contributed by atoms with Crippen LogP contribution in [0.25, 0.3) is 0 Å². The van der Waals surface area contributed by atoms with Gasteiger partial charge in [-0.15, -0.1) is 0 Å². The standard InChI is InChI=1S/C7H9NOS2/c1-5(2)6(10)9-7-8-3-4-11-7/h1,3-4H2,2H3. The fourth-order valence-corrected chi connectivity index (χ4v) is 1.36. The van der Waals surface area contributed by atoms with E-state index in [-0.39, 0.29) is 0 Å². The lowest BCUT2D eigenvalue weighted by Crippen LogP contribution is -2.05. The van der Waals surface area contributed by atoms with Crippen LogP contribution in [0.3, 0.4) is 0 Å². The first-order valence-corrected chi connectivity index (χ1v) is 4.64. The van der Waals surface area contributed by atoms with E-state index in [0.29, 0.717) is 10.3 Å². The van der Waals surface area contributed by atoms with Gasteiger partial charge < -0.3 is 4.74 Å². The highest BCUT2D eigenvalue weighted by Gasteiger charge is 2.10. The number of thiocarbonyl (C=S) groups is 1. The molecule has 0 atom stereocenters. The molecule has 0 aromatic carbocycles. The lowest BCUT2D eigenvalue weighted by Gasteiger charge is -2.03. The van der Waals surface area contributed by atoms with Gasteiger partial charge in [0.05, 0.1) is 6.54 Å². The molecule has 1 aliphatic heterocycles. The van der Waals surface area contributed by atoms with E-state index in [9.17, 15) is 0 Å². The van der Waals surface area contributed by atoms with Crippen LogP contribution in [0, 0.1) is 0 Å². The number of nitrogens with zero attached hydrogens (tertiary/aromatic N) is 1. The maximum Gasteiger partial charge on any atom is 0.252 e. The van der Waals surface area contributed by atoms with Crippen molar-refractivity contribution in [3.05, 3.63) is 12.2 Å². The number of hydrogen-bond donors (Lipinski definition) is 0. The molecule has 0 saturated heterocycles. The smallest absolute Gasteiger partial charge is 0.252 e. The fraction of sp³-hybridized carbons (Fsp3) is 0.429. The molecule has 1 aliphatic rings. The van der Waals surface area contributed by atoms with Crippen LogP contribution in [-0.2, 0) is 4.74 Å². The van der Waals surface area contributed by atoms with Crippen LogP contribution in [0.2, 0.25) is 0 Å². The summed E-state index contributed by atoms with van der Waals surface area (Å²) in [6.45, 7) is 6.32. The van der Waals surface area contributed by atoms with Gasteiger partial charge >= 0.3 is 0 Å². The molecule has 1 heterocycles. The molecule has 11 heavy (non-hydrogen) atoms. The monoisotopic (exact) mass is 187 g/mol. The third kappa shape index (κ3) is 2.63. The summed E-state index contributed by atoms with van der Waals surface area (Å²) < 4.78 is 5.22. The van der Waals surface area contributed by atoms with Gasteiger partial charge in [-0.25, -0.2) is 4.99 Å². The van der Waals surface area contributed by atoms with Crippen LogP contribution in [0.5, 0.6) is 0 Å². The van der Waals surface area contributed by atoms with Gasteiger partial charge in [0.1, 0.15) is 0 Å². The minimum Gasteiger partial charge on any atom is -0.422 e. The minimum absolute atomic E-state index is 0.443.